The van der Waals surface area contributed by atoms with E-state index in [9.17, 15) is 9.50 Å². The maximum absolute atomic E-state index is 13.5. The van der Waals surface area contributed by atoms with Gasteiger partial charge in [0.05, 0.1) is 11.6 Å². The number of hydrogen-bond donors (Lipinski definition) is 2. The van der Waals surface area contributed by atoms with Crippen molar-refractivity contribution in [3.63, 3.8) is 0 Å². The van der Waals surface area contributed by atoms with Crippen molar-refractivity contribution in [2.24, 2.45) is 11.8 Å². The van der Waals surface area contributed by atoms with Gasteiger partial charge in [0.15, 0.2) is 0 Å². The van der Waals surface area contributed by atoms with E-state index in [0.29, 0.717) is 11.8 Å². The molecule has 4 atom stereocenters. The molecule has 0 unspecified atom stereocenters. The monoisotopic (exact) mass is 326 g/mol. The van der Waals surface area contributed by atoms with Crippen LogP contribution in [0.1, 0.15) is 31.9 Å². The molecule has 2 N–H and O–H groups in total. The van der Waals surface area contributed by atoms with Gasteiger partial charge >= 0.3 is 0 Å². The lowest BCUT2D eigenvalue weighted by Gasteiger charge is -2.33. The van der Waals surface area contributed by atoms with Crippen molar-refractivity contribution in [1.29, 1.82) is 0 Å². The molecular formula is C17H24ClFN2O. The summed E-state index contributed by atoms with van der Waals surface area (Å²) in [5.41, 5.74) is 0.767. The van der Waals surface area contributed by atoms with Crippen molar-refractivity contribution in [1.82, 2.24) is 10.2 Å². The second kappa shape index (κ2) is 6.08. The van der Waals surface area contributed by atoms with E-state index >= 15 is 0 Å². The van der Waals surface area contributed by atoms with Gasteiger partial charge in [0.25, 0.3) is 0 Å². The van der Waals surface area contributed by atoms with E-state index in [2.05, 4.69) is 24.1 Å². The molecule has 0 radical (unpaired) electrons. The molecule has 2 heterocycles. The largest absolute Gasteiger partial charge is 0.394 e. The molecule has 1 aromatic rings. The van der Waals surface area contributed by atoms with Crippen LogP contribution in [-0.2, 0) is 0 Å². The standard InChI is InChI=1S/C17H24ClFN2O/c1-3-17(10-22)13-9-21(4-2)8-12(13)16(20-17)11-5-6-15(19)14(18)7-11/h5-7,12-13,16,20,22H,3-4,8-10H2,1-2H3/t12-,13+,16-,17+/m1/s1. The summed E-state index contributed by atoms with van der Waals surface area (Å²) < 4.78 is 13.5. The lowest BCUT2D eigenvalue weighted by Crippen LogP contribution is -2.50. The van der Waals surface area contributed by atoms with Crippen molar-refractivity contribution >= 4 is 11.6 Å². The minimum absolute atomic E-state index is 0.117. The van der Waals surface area contributed by atoms with Crippen LogP contribution in [0.4, 0.5) is 4.39 Å². The number of benzene rings is 1. The number of likely N-dealkylation sites (tertiary alicyclic amines) is 1. The molecule has 5 heteroatoms. The SMILES string of the molecule is CCN1C[C@H]2[C@@H](c3ccc(F)c(Cl)c3)N[C@@](CC)(CO)[C@H]2C1. The minimum Gasteiger partial charge on any atom is -0.394 e. The Morgan fingerprint density at radius 3 is 2.77 bits per heavy atom. The van der Waals surface area contributed by atoms with E-state index in [1.807, 2.05) is 6.07 Å². The molecule has 0 saturated carbocycles. The number of hydrogen-bond acceptors (Lipinski definition) is 3. The number of halogens is 2. The third kappa shape index (κ3) is 2.46. The van der Waals surface area contributed by atoms with Crippen LogP contribution in [0.25, 0.3) is 0 Å². The highest BCUT2D eigenvalue weighted by atomic mass is 35.5. The fraction of sp³-hybridized carbons (Fsp3) is 0.647. The first-order valence-electron chi connectivity index (χ1n) is 8.10. The Hall–Kier alpha value is -0.680. The topological polar surface area (TPSA) is 35.5 Å². The van der Waals surface area contributed by atoms with Gasteiger partial charge < -0.3 is 15.3 Å². The van der Waals surface area contributed by atoms with E-state index in [4.69, 9.17) is 11.6 Å². The Labute approximate surface area is 136 Å². The van der Waals surface area contributed by atoms with Crippen LogP contribution in [-0.4, -0.2) is 41.8 Å². The second-order valence-corrected chi connectivity index (χ2v) is 6.99. The fourth-order valence-electron chi connectivity index (χ4n) is 4.29. The molecule has 2 saturated heterocycles. The highest BCUT2D eigenvalue weighted by molar-refractivity contribution is 6.30. The number of nitrogens with one attached hydrogen (secondary N) is 1. The highest BCUT2D eigenvalue weighted by Gasteiger charge is 2.55. The van der Waals surface area contributed by atoms with Crippen molar-refractivity contribution in [3.05, 3.63) is 34.6 Å². The molecule has 0 aromatic heterocycles. The smallest absolute Gasteiger partial charge is 0.141 e. The molecule has 0 spiro atoms. The van der Waals surface area contributed by atoms with Crippen LogP contribution in [0.3, 0.4) is 0 Å². The zero-order valence-electron chi connectivity index (χ0n) is 13.1. The number of nitrogens with zero attached hydrogens (tertiary/aromatic N) is 1. The van der Waals surface area contributed by atoms with E-state index < -0.39 is 0 Å². The molecular weight excluding hydrogens is 303 g/mol. The number of rotatable bonds is 4. The van der Waals surface area contributed by atoms with Gasteiger partial charge in [-0.05, 0) is 42.5 Å². The molecule has 0 amide bonds. The molecule has 0 bridgehead atoms. The van der Waals surface area contributed by atoms with Crippen LogP contribution < -0.4 is 5.32 Å². The minimum atomic E-state index is -0.384. The number of aliphatic hydroxyl groups is 1. The van der Waals surface area contributed by atoms with Crippen molar-refractivity contribution in [2.75, 3.05) is 26.2 Å². The number of aliphatic hydroxyl groups excluding tert-OH is 1. The summed E-state index contributed by atoms with van der Waals surface area (Å²) in [7, 11) is 0. The Morgan fingerprint density at radius 2 is 2.18 bits per heavy atom. The first-order valence-corrected chi connectivity index (χ1v) is 8.48. The summed E-state index contributed by atoms with van der Waals surface area (Å²) in [6.45, 7) is 7.46. The van der Waals surface area contributed by atoms with Gasteiger partial charge in [0.1, 0.15) is 5.82 Å². The third-order valence-corrected chi connectivity index (χ3v) is 5.97. The maximum atomic E-state index is 13.5. The zero-order chi connectivity index (χ0) is 15.9. The third-order valence-electron chi connectivity index (χ3n) is 5.68. The van der Waals surface area contributed by atoms with E-state index in [-0.39, 0.29) is 29.0 Å². The van der Waals surface area contributed by atoms with E-state index in [1.165, 1.54) is 6.07 Å². The molecule has 1 aromatic carbocycles. The molecule has 2 aliphatic rings. The lowest BCUT2D eigenvalue weighted by molar-refractivity contribution is 0.124. The quantitative estimate of drug-likeness (QED) is 0.893. The molecule has 122 valence electrons. The van der Waals surface area contributed by atoms with Gasteiger partial charge in [0.2, 0.25) is 0 Å². The van der Waals surface area contributed by atoms with Gasteiger partial charge in [-0.1, -0.05) is 31.5 Å². The first kappa shape index (κ1) is 16.2. The molecule has 3 nitrogen and oxygen atoms in total. The highest BCUT2D eigenvalue weighted by Crippen LogP contribution is 2.48. The van der Waals surface area contributed by atoms with Crippen LogP contribution in [0, 0.1) is 17.7 Å². The van der Waals surface area contributed by atoms with Gasteiger partial charge in [0, 0.05) is 24.7 Å². The van der Waals surface area contributed by atoms with Gasteiger partial charge in [-0.15, -0.1) is 0 Å². The average molecular weight is 327 g/mol. The van der Waals surface area contributed by atoms with Gasteiger partial charge in [-0.2, -0.15) is 0 Å². The zero-order valence-corrected chi connectivity index (χ0v) is 13.9. The summed E-state index contributed by atoms with van der Waals surface area (Å²) in [6, 6.07) is 5.09. The van der Waals surface area contributed by atoms with Crippen LogP contribution in [0.5, 0.6) is 0 Å². The number of fused-ring (bicyclic) bond motifs is 1. The van der Waals surface area contributed by atoms with Crippen molar-refractivity contribution in [3.8, 4) is 0 Å². The Morgan fingerprint density at radius 1 is 1.41 bits per heavy atom. The summed E-state index contributed by atoms with van der Waals surface area (Å²) in [5.74, 6) is 0.454. The van der Waals surface area contributed by atoms with E-state index in [0.717, 1.165) is 31.6 Å². The Bertz CT molecular complexity index is 549. The van der Waals surface area contributed by atoms with Crippen LogP contribution in [0.2, 0.25) is 5.02 Å². The Balaban J connectivity index is 1.96. The summed E-state index contributed by atoms with van der Waals surface area (Å²) in [4.78, 5) is 2.44. The Kier molecular flexibility index (Phi) is 4.47. The van der Waals surface area contributed by atoms with Crippen molar-refractivity contribution < 1.29 is 9.50 Å². The maximum Gasteiger partial charge on any atom is 0.141 e. The first-order chi connectivity index (χ1) is 10.5. The molecule has 22 heavy (non-hydrogen) atoms. The molecule has 2 aliphatic heterocycles. The summed E-state index contributed by atoms with van der Waals surface area (Å²) in [6.07, 6.45) is 0.883. The van der Waals surface area contributed by atoms with Crippen LogP contribution in [0.15, 0.2) is 18.2 Å². The summed E-state index contributed by atoms with van der Waals surface area (Å²) in [5, 5.41) is 13.8. The lowest BCUT2D eigenvalue weighted by atomic mass is 9.79. The molecule has 0 aliphatic carbocycles. The second-order valence-electron chi connectivity index (χ2n) is 6.59. The normalized spacial score (nSPS) is 35.0. The average Bonchev–Trinajstić information content (AvgIpc) is 3.08. The van der Waals surface area contributed by atoms with E-state index in [1.54, 1.807) is 6.07 Å². The molecule has 2 fully saturated rings. The molecule has 3 rings (SSSR count). The predicted molar refractivity (Wildman–Crippen MR) is 86.5 cm³/mol. The van der Waals surface area contributed by atoms with Crippen LogP contribution >= 0.6 is 11.6 Å². The van der Waals surface area contributed by atoms with Gasteiger partial charge in [-0.3, -0.25) is 0 Å². The summed E-state index contributed by atoms with van der Waals surface area (Å²) >= 11 is 5.97. The van der Waals surface area contributed by atoms with Gasteiger partial charge in [-0.25, -0.2) is 4.39 Å². The fourth-order valence-corrected chi connectivity index (χ4v) is 4.48. The van der Waals surface area contributed by atoms with Crippen molar-refractivity contribution in [2.45, 2.75) is 31.8 Å². The predicted octanol–water partition coefficient (Wildman–Crippen LogP) is 2.83.